The highest BCUT2D eigenvalue weighted by atomic mass is 19.4. The first-order valence-electron chi connectivity index (χ1n) is 7.07. The Kier molecular flexibility index (Phi) is 6.29. The summed E-state index contributed by atoms with van der Waals surface area (Å²) in [5.41, 5.74) is -2.15. The summed E-state index contributed by atoms with van der Waals surface area (Å²) in [6.07, 6.45) is -10.7. The summed E-state index contributed by atoms with van der Waals surface area (Å²) in [7, 11) is 1.26. The lowest BCUT2D eigenvalue weighted by atomic mass is 10.1. The van der Waals surface area contributed by atoms with E-state index in [1.165, 1.54) is 20.0 Å². The van der Waals surface area contributed by atoms with Crippen molar-refractivity contribution in [2.45, 2.75) is 31.7 Å². The van der Waals surface area contributed by atoms with Gasteiger partial charge in [-0.25, -0.2) is 0 Å². The van der Waals surface area contributed by atoms with E-state index in [9.17, 15) is 31.1 Å². The molecule has 0 saturated heterocycles. The number of likely N-dealkylation sites (N-methyl/N-ethyl adjacent to an activating group) is 1. The van der Waals surface area contributed by atoms with E-state index in [-0.39, 0.29) is 5.69 Å². The summed E-state index contributed by atoms with van der Waals surface area (Å²) in [6.45, 7) is 0.571. The van der Waals surface area contributed by atoms with Gasteiger partial charge in [-0.1, -0.05) is 0 Å². The Morgan fingerprint density at radius 1 is 1.28 bits per heavy atom. The van der Waals surface area contributed by atoms with Gasteiger partial charge in [-0.2, -0.15) is 31.6 Å². The molecule has 0 bridgehead atoms. The van der Waals surface area contributed by atoms with Gasteiger partial charge in [0.1, 0.15) is 6.04 Å². The molecule has 0 radical (unpaired) electrons. The molecule has 1 atom stereocenters. The average molecular weight is 367 g/mol. The third-order valence-electron chi connectivity index (χ3n) is 3.49. The Hall–Kier alpha value is -2.44. The van der Waals surface area contributed by atoms with Crippen LogP contribution in [0.5, 0.6) is 0 Å². The summed E-state index contributed by atoms with van der Waals surface area (Å²) >= 11 is 0. The third kappa shape index (κ3) is 5.55. The van der Waals surface area contributed by atoms with Crippen LogP contribution < -0.4 is 10.2 Å². The molecule has 0 aliphatic heterocycles. The molecule has 0 heterocycles. The number of nitrogens with one attached hydrogen (secondary N) is 1. The molecule has 1 unspecified atom stereocenters. The molecule has 138 valence electrons. The van der Waals surface area contributed by atoms with Gasteiger partial charge in [-0.15, -0.1) is 0 Å². The number of alkyl halides is 6. The first-order chi connectivity index (χ1) is 11.4. The van der Waals surface area contributed by atoms with Crippen LogP contribution in [0.3, 0.4) is 0 Å². The molecule has 0 aromatic heterocycles. The second-order valence-corrected chi connectivity index (χ2v) is 5.19. The van der Waals surface area contributed by atoms with Crippen molar-refractivity contribution in [3.8, 4) is 6.07 Å². The van der Waals surface area contributed by atoms with Gasteiger partial charge < -0.3 is 10.2 Å². The lowest BCUT2D eigenvalue weighted by Gasteiger charge is -2.31. The third-order valence-corrected chi connectivity index (χ3v) is 3.49. The van der Waals surface area contributed by atoms with Gasteiger partial charge >= 0.3 is 12.4 Å². The summed E-state index contributed by atoms with van der Waals surface area (Å²) < 4.78 is 76.7. The molecule has 1 aromatic rings. The van der Waals surface area contributed by atoms with Crippen LogP contribution in [0.25, 0.3) is 0 Å². The molecule has 1 rings (SSSR count). The maximum Gasteiger partial charge on any atom is 0.417 e. The minimum atomic E-state index is -4.85. The second kappa shape index (κ2) is 7.63. The number of anilines is 1. The monoisotopic (exact) mass is 367 g/mol. The lowest BCUT2D eigenvalue weighted by Crippen LogP contribution is -2.45. The minimum Gasteiger partial charge on any atom is -0.359 e. The van der Waals surface area contributed by atoms with Gasteiger partial charge in [-0.3, -0.25) is 4.79 Å². The smallest absolute Gasteiger partial charge is 0.359 e. The molecule has 4 nitrogen and oxygen atoms in total. The molecular weight excluding hydrogens is 352 g/mol. The Balaban J connectivity index is 3.34. The van der Waals surface area contributed by atoms with Crippen molar-refractivity contribution in [3.63, 3.8) is 0 Å². The van der Waals surface area contributed by atoms with Gasteiger partial charge in [0.2, 0.25) is 5.91 Å². The number of carbonyl (C=O) groups is 1. The quantitative estimate of drug-likeness (QED) is 0.811. The fourth-order valence-corrected chi connectivity index (χ4v) is 2.19. The molecule has 0 saturated carbocycles. The first kappa shape index (κ1) is 20.6. The zero-order valence-electron chi connectivity index (χ0n) is 13.3. The van der Waals surface area contributed by atoms with Crippen molar-refractivity contribution in [1.29, 1.82) is 5.26 Å². The van der Waals surface area contributed by atoms with Crippen LogP contribution in [-0.4, -0.2) is 31.7 Å². The first-order valence-corrected chi connectivity index (χ1v) is 7.07. The molecule has 0 aliphatic rings. The molecular formula is C15H15F6N3O. The largest absolute Gasteiger partial charge is 0.417 e. The summed E-state index contributed by atoms with van der Waals surface area (Å²) in [6, 6.07) is 2.79. The van der Waals surface area contributed by atoms with E-state index in [4.69, 9.17) is 5.26 Å². The van der Waals surface area contributed by atoms with E-state index in [0.717, 1.165) is 17.0 Å². The molecule has 10 heteroatoms. The number of hydrogen-bond donors (Lipinski definition) is 1. The van der Waals surface area contributed by atoms with Crippen LogP contribution >= 0.6 is 0 Å². The van der Waals surface area contributed by atoms with Crippen LogP contribution in [0.15, 0.2) is 18.2 Å². The van der Waals surface area contributed by atoms with E-state index < -0.39 is 48.4 Å². The van der Waals surface area contributed by atoms with Crippen molar-refractivity contribution in [1.82, 2.24) is 5.32 Å². The van der Waals surface area contributed by atoms with Crippen LogP contribution in [0.1, 0.15) is 24.5 Å². The highest BCUT2D eigenvalue weighted by molar-refractivity contribution is 5.84. The van der Waals surface area contributed by atoms with E-state index >= 15 is 0 Å². The van der Waals surface area contributed by atoms with E-state index in [2.05, 4.69) is 5.32 Å². The Bertz CT molecular complexity index is 663. The standard InChI is InChI=1S/C15H15F6N3O/c1-9(13(25)23-2)24(6-5-14(16,17)18)11-4-3-10(8-22)12(7-11)15(19,20)21/h3-4,7,9H,5-6H2,1-2H3,(H,23,25). The average Bonchev–Trinajstić information content (AvgIpc) is 2.51. The maximum atomic E-state index is 13.1. The van der Waals surface area contributed by atoms with Crippen molar-refractivity contribution < 1.29 is 31.1 Å². The number of halogens is 6. The summed E-state index contributed by atoms with van der Waals surface area (Å²) in [5.74, 6) is -0.653. The molecule has 0 aliphatic carbocycles. The predicted octanol–water partition coefficient (Wildman–Crippen LogP) is 3.47. The highest BCUT2D eigenvalue weighted by Crippen LogP contribution is 2.35. The fourth-order valence-electron chi connectivity index (χ4n) is 2.19. The topological polar surface area (TPSA) is 56.1 Å². The fraction of sp³-hybridized carbons (Fsp3) is 0.467. The Labute approximate surface area is 140 Å². The van der Waals surface area contributed by atoms with Crippen LogP contribution in [-0.2, 0) is 11.0 Å². The number of nitriles is 1. The zero-order valence-corrected chi connectivity index (χ0v) is 13.3. The summed E-state index contributed by atoms with van der Waals surface area (Å²) in [4.78, 5) is 12.7. The number of rotatable bonds is 5. The molecule has 1 aromatic carbocycles. The predicted molar refractivity (Wildman–Crippen MR) is 77.7 cm³/mol. The van der Waals surface area contributed by atoms with Gasteiger partial charge in [0, 0.05) is 19.3 Å². The molecule has 1 N–H and O–H groups in total. The molecule has 0 spiro atoms. The molecule has 0 fully saturated rings. The number of carbonyl (C=O) groups excluding carboxylic acids is 1. The number of hydrogen-bond acceptors (Lipinski definition) is 3. The minimum absolute atomic E-state index is 0.230. The SMILES string of the molecule is CNC(=O)C(C)N(CCC(F)(F)F)c1ccc(C#N)c(C(F)(F)F)c1. The van der Waals surface area contributed by atoms with E-state index in [0.29, 0.717) is 6.07 Å². The number of benzene rings is 1. The van der Waals surface area contributed by atoms with Crippen molar-refractivity contribution in [2.75, 3.05) is 18.5 Å². The Morgan fingerprint density at radius 3 is 2.32 bits per heavy atom. The van der Waals surface area contributed by atoms with Crippen molar-refractivity contribution in [2.24, 2.45) is 0 Å². The van der Waals surface area contributed by atoms with Gasteiger partial charge in [0.15, 0.2) is 0 Å². The van der Waals surface area contributed by atoms with E-state index in [1.54, 1.807) is 0 Å². The van der Waals surface area contributed by atoms with Crippen LogP contribution in [0, 0.1) is 11.3 Å². The second-order valence-electron chi connectivity index (χ2n) is 5.19. The van der Waals surface area contributed by atoms with Crippen molar-refractivity contribution in [3.05, 3.63) is 29.3 Å². The van der Waals surface area contributed by atoms with E-state index in [1.807, 2.05) is 0 Å². The number of nitrogens with zero attached hydrogens (tertiary/aromatic N) is 2. The van der Waals surface area contributed by atoms with Gasteiger partial charge in [0.05, 0.1) is 23.6 Å². The van der Waals surface area contributed by atoms with Gasteiger partial charge in [-0.05, 0) is 25.1 Å². The van der Waals surface area contributed by atoms with Crippen LogP contribution in [0.4, 0.5) is 32.0 Å². The maximum absolute atomic E-state index is 13.1. The Morgan fingerprint density at radius 2 is 1.88 bits per heavy atom. The lowest BCUT2D eigenvalue weighted by molar-refractivity contribution is -0.138. The van der Waals surface area contributed by atoms with Crippen molar-refractivity contribution >= 4 is 11.6 Å². The number of amides is 1. The zero-order chi connectivity index (χ0) is 19.4. The summed E-state index contributed by atoms with van der Waals surface area (Å²) in [5, 5.41) is 11.0. The van der Waals surface area contributed by atoms with Crippen LogP contribution in [0.2, 0.25) is 0 Å². The van der Waals surface area contributed by atoms with Gasteiger partial charge in [0.25, 0.3) is 0 Å². The molecule has 25 heavy (non-hydrogen) atoms. The molecule has 1 amide bonds. The normalized spacial score (nSPS) is 13.1. The highest BCUT2D eigenvalue weighted by Gasteiger charge is 2.35.